The number of piperazine rings is 1. The lowest BCUT2D eigenvalue weighted by molar-refractivity contribution is 0.0602. The highest BCUT2D eigenvalue weighted by Crippen LogP contribution is 2.44. The van der Waals surface area contributed by atoms with Gasteiger partial charge in [-0.15, -0.1) is 11.3 Å². The summed E-state index contributed by atoms with van der Waals surface area (Å²) in [6.07, 6.45) is 2.99. The molecule has 3 heterocycles. The highest BCUT2D eigenvalue weighted by atomic mass is 32.1. The smallest absolute Gasteiger partial charge is 0.341 e. The number of benzene rings is 2. The molecule has 10 nitrogen and oxygen atoms in total. The Morgan fingerprint density at radius 1 is 1.15 bits per heavy atom. The molecule has 1 atom stereocenters. The molecule has 0 radical (unpaired) electrons. The number of methoxy groups -OCH3 is 2. The van der Waals surface area contributed by atoms with Crippen LogP contribution in [0.1, 0.15) is 52.1 Å². The van der Waals surface area contributed by atoms with E-state index in [9.17, 15) is 19.5 Å². The van der Waals surface area contributed by atoms with E-state index < -0.39 is 28.7 Å². The van der Waals surface area contributed by atoms with Crippen LogP contribution in [0.2, 0.25) is 0 Å². The van der Waals surface area contributed by atoms with Crippen LogP contribution in [0.3, 0.4) is 0 Å². The summed E-state index contributed by atoms with van der Waals surface area (Å²) in [7, 11) is 2.77. The number of aromatic carboxylic acids is 1. The number of esters is 1. The Morgan fingerprint density at radius 3 is 2.48 bits per heavy atom. The molecule has 1 aliphatic carbocycles. The normalized spacial score (nSPS) is 16.4. The number of rotatable bonds is 7. The fourth-order valence-corrected chi connectivity index (χ4v) is 7.45. The second kappa shape index (κ2) is 12.4. The molecule has 1 aliphatic heterocycles. The van der Waals surface area contributed by atoms with Gasteiger partial charge in [-0.3, -0.25) is 4.79 Å². The molecule has 1 saturated carbocycles. The third kappa shape index (κ3) is 5.58. The van der Waals surface area contributed by atoms with Crippen LogP contribution in [0, 0.1) is 12.7 Å². The van der Waals surface area contributed by atoms with E-state index in [1.807, 2.05) is 53.3 Å². The zero-order valence-electron chi connectivity index (χ0n) is 25.8. The number of aryl methyl sites for hydroxylation is 1. The number of carbonyl (C=O) groups excluding carboxylic acids is 1. The molecule has 2 fully saturated rings. The Labute approximate surface area is 273 Å². The summed E-state index contributed by atoms with van der Waals surface area (Å²) in [5.74, 6) is -2.30. The lowest BCUT2D eigenvalue weighted by Crippen LogP contribution is -2.55. The summed E-state index contributed by atoms with van der Waals surface area (Å²) in [5.41, 5.74) is 2.61. The molecule has 0 spiro atoms. The van der Waals surface area contributed by atoms with E-state index in [1.54, 1.807) is 4.57 Å². The Hall–Kier alpha value is -4.49. The highest BCUT2D eigenvalue weighted by molar-refractivity contribution is 7.80. The second-order valence-electron chi connectivity index (χ2n) is 11.6. The molecule has 2 aromatic carbocycles. The zero-order valence-corrected chi connectivity index (χ0v) is 27.4. The van der Waals surface area contributed by atoms with E-state index in [0.717, 1.165) is 35.6 Å². The quantitative estimate of drug-likeness (QED) is 0.183. The molecule has 2 aromatic heterocycles. The van der Waals surface area contributed by atoms with Gasteiger partial charge in [0.1, 0.15) is 21.8 Å². The maximum Gasteiger partial charge on any atom is 0.341 e. The maximum atomic E-state index is 15.9. The highest BCUT2D eigenvalue weighted by Gasteiger charge is 2.34. The summed E-state index contributed by atoms with van der Waals surface area (Å²) in [6, 6.07) is 8.85. The molecule has 13 heteroatoms. The van der Waals surface area contributed by atoms with E-state index in [-0.39, 0.29) is 28.9 Å². The van der Waals surface area contributed by atoms with Gasteiger partial charge in [0.15, 0.2) is 16.7 Å². The van der Waals surface area contributed by atoms with Crippen molar-refractivity contribution in [3.05, 3.63) is 74.6 Å². The van der Waals surface area contributed by atoms with Crippen LogP contribution >= 0.6 is 23.6 Å². The first-order chi connectivity index (χ1) is 22.0. The first-order valence-corrected chi connectivity index (χ1v) is 16.1. The van der Waals surface area contributed by atoms with Crippen LogP contribution in [0.4, 0.5) is 15.1 Å². The largest absolute Gasteiger partial charge is 0.492 e. The number of aromatic nitrogens is 1. The SMILES string of the molecule is COC(=O)c1c(-c2ccc(C)cc2)csc1NC(=S)N1CCN(c2c(F)cc3c(=O)c(C(=O)O)cn(C4CC4)c3c2OC)C[C@H]1C. The van der Waals surface area contributed by atoms with Gasteiger partial charge in [-0.05, 0) is 50.5 Å². The number of thiophene rings is 1. The molecule has 6 rings (SSSR count). The number of pyridine rings is 1. The van der Waals surface area contributed by atoms with Crippen molar-refractivity contribution in [1.29, 1.82) is 0 Å². The Kier molecular flexibility index (Phi) is 8.47. The summed E-state index contributed by atoms with van der Waals surface area (Å²) >= 11 is 7.18. The molecular formula is C33H33FN4O6S2. The number of thiocarbonyl (C=S) groups is 1. The van der Waals surface area contributed by atoms with Crippen molar-refractivity contribution >= 4 is 62.2 Å². The minimum atomic E-state index is -1.35. The zero-order chi connectivity index (χ0) is 32.9. The summed E-state index contributed by atoms with van der Waals surface area (Å²) in [4.78, 5) is 41.6. The molecular weight excluding hydrogens is 632 g/mol. The predicted octanol–water partition coefficient (Wildman–Crippen LogP) is 5.91. The van der Waals surface area contributed by atoms with Gasteiger partial charge in [0.25, 0.3) is 0 Å². The van der Waals surface area contributed by atoms with Crippen molar-refractivity contribution in [2.75, 3.05) is 44.1 Å². The molecule has 0 unspecified atom stereocenters. The van der Waals surface area contributed by atoms with Crippen LogP contribution in [0.15, 0.2) is 46.7 Å². The minimum absolute atomic E-state index is 0.00582. The Bertz CT molecular complexity index is 1940. The number of fused-ring (bicyclic) bond motifs is 1. The Balaban J connectivity index is 1.28. The lowest BCUT2D eigenvalue weighted by atomic mass is 10.0. The third-order valence-corrected chi connectivity index (χ3v) is 9.77. The van der Waals surface area contributed by atoms with Gasteiger partial charge < -0.3 is 34.3 Å². The first kappa shape index (κ1) is 31.5. The van der Waals surface area contributed by atoms with Gasteiger partial charge >= 0.3 is 11.9 Å². The summed E-state index contributed by atoms with van der Waals surface area (Å²) in [5, 5.41) is 15.8. The van der Waals surface area contributed by atoms with Crippen molar-refractivity contribution in [2.45, 2.75) is 38.8 Å². The number of nitrogens with zero attached hydrogens (tertiary/aromatic N) is 3. The fourth-order valence-electron chi connectivity index (χ4n) is 6.06. The average Bonchev–Trinajstić information content (AvgIpc) is 3.80. The van der Waals surface area contributed by atoms with Crippen LogP contribution in [-0.2, 0) is 4.74 Å². The number of hydrogen-bond acceptors (Lipinski definition) is 8. The van der Waals surface area contributed by atoms with Crippen molar-refractivity contribution in [3.63, 3.8) is 0 Å². The van der Waals surface area contributed by atoms with Crippen molar-refractivity contribution < 1.29 is 28.6 Å². The standard InChI is InChI=1S/C33H33FN4O6S2/c1-17-5-7-19(8-6-17)23-16-46-30(25(23)32(42)44-4)35-33(45)37-12-11-36(14-18(37)2)27-24(34)13-21-26(29(27)43-3)38(20-9-10-20)15-22(28(21)39)31(40)41/h5-8,13,15-16,18,20H,9-12,14H2,1-4H3,(H,35,45)(H,40,41)/t18-/m1/s1. The topological polar surface area (TPSA) is 113 Å². The van der Waals surface area contributed by atoms with Gasteiger partial charge in [0.2, 0.25) is 5.43 Å². The number of anilines is 2. The van der Waals surface area contributed by atoms with Gasteiger partial charge in [-0.25, -0.2) is 14.0 Å². The van der Waals surface area contributed by atoms with E-state index >= 15 is 4.39 Å². The summed E-state index contributed by atoms with van der Waals surface area (Å²) < 4.78 is 28.5. The number of hydrogen-bond donors (Lipinski definition) is 2. The number of carbonyl (C=O) groups is 2. The van der Waals surface area contributed by atoms with Crippen molar-refractivity contribution in [3.8, 4) is 16.9 Å². The number of carboxylic acids is 1. The van der Waals surface area contributed by atoms with Crippen LogP contribution in [0.25, 0.3) is 22.0 Å². The van der Waals surface area contributed by atoms with Crippen molar-refractivity contribution in [1.82, 2.24) is 9.47 Å². The number of nitrogens with one attached hydrogen (secondary N) is 1. The van der Waals surface area contributed by atoms with Gasteiger partial charge in [-0.1, -0.05) is 29.8 Å². The van der Waals surface area contributed by atoms with E-state index in [1.165, 1.54) is 31.8 Å². The third-order valence-electron chi connectivity index (χ3n) is 8.54. The van der Waals surface area contributed by atoms with Crippen molar-refractivity contribution in [2.24, 2.45) is 0 Å². The monoisotopic (exact) mass is 664 g/mol. The molecule has 2 N–H and O–H groups in total. The molecule has 46 heavy (non-hydrogen) atoms. The molecule has 4 aromatic rings. The van der Waals surface area contributed by atoms with E-state index in [0.29, 0.717) is 40.8 Å². The minimum Gasteiger partial charge on any atom is -0.492 e. The Morgan fingerprint density at radius 2 is 1.87 bits per heavy atom. The van der Waals surface area contributed by atoms with Gasteiger partial charge in [0, 0.05) is 48.9 Å². The second-order valence-corrected chi connectivity index (χ2v) is 12.8. The summed E-state index contributed by atoms with van der Waals surface area (Å²) in [6.45, 7) is 5.17. The molecule has 240 valence electrons. The maximum absolute atomic E-state index is 15.9. The molecule has 0 bridgehead atoms. The fraction of sp³-hybridized carbons (Fsp3) is 0.333. The van der Waals surface area contributed by atoms with E-state index in [2.05, 4.69) is 5.32 Å². The van der Waals surface area contributed by atoms with Gasteiger partial charge in [-0.2, -0.15) is 0 Å². The van der Waals surface area contributed by atoms with Crippen LogP contribution in [-0.4, -0.2) is 71.5 Å². The average molecular weight is 665 g/mol. The van der Waals surface area contributed by atoms with Crippen LogP contribution in [0.5, 0.6) is 5.75 Å². The van der Waals surface area contributed by atoms with Crippen LogP contribution < -0.4 is 20.4 Å². The number of carboxylic acid groups (broad SMARTS) is 1. The lowest BCUT2D eigenvalue weighted by Gasteiger charge is -2.42. The molecule has 1 saturated heterocycles. The number of ether oxygens (including phenoxy) is 2. The predicted molar refractivity (Wildman–Crippen MR) is 180 cm³/mol. The first-order valence-electron chi connectivity index (χ1n) is 14.8. The molecule has 2 aliphatic rings. The van der Waals surface area contributed by atoms with Gasteiger partial charge in [0.05, 0.1) is 25.1 Å². The van der Waals surface area contributed by atoms with E-state index in [4.69, 9.17) is 21.7 Å². The number of halogens is 1. The molecule has 0 amide bonds.